The van der Waals surface area contributed by atoms with Crippen molar-refractivity contribution in [2.45, 2.75) is 46.3 Å². The van der Waals surface area contributed by atoms with Crippen molar-refractivity contribution in [2.75, 3.05) is 5.73 Å². The van der Waals surface area contributed by atoms with Crippen LogP contribution in [0.3, 0.4) is 0 Å². The summed E-state index contributed by atoms with van der Waals surface area (Å²) in [6.45, 7) is 7.67. The number of nitrogens with two attached hydrogens (primary N) is 1. The van der Waals surface area contributed by atoms with E-state index in [0.29, 0.717) is 17.0 Å². The van der Waals surface area contributed by atoms with E-state index in [1.807, 2.05) is 27.7 Å². The molecule has 4 heteroatoms. The van der Waals surface area contributed by atoms with Crippen LogP contribution in [-0.4, -0.2) is 18.2 Å². The molecule has 1 atom stereocenters. The molecule has 100 valence electrons. The topological polar surface area (TPSA) is 61.5 Å². The summed E-state index contributed by atoms with van der Waals surface area (Å²) in [6.07, 6.45) is 0.742. The van der Waals surface area contributed by atoms with Crippen LogP contribution in [-0.2, 0) is 4.74 Å². The van der Waals surface area contributed by atoms with Gasteiger partial charge in [-0.3, -0.25) is 0 Å². The number of anilines is 1. The van der Waals surface area contributed by atoms with Gasteiger partial charge in [-0.1, -0.05) is 6.92 Å². The summed E-state index contributed by atoms with van der Waals surface area (Å²) in [6, 6.07) is 4.95. The lowest BCUT2D eigenvalue weighted by Gasteiger charge is -2.14. The van der Waals surface area contributed by atoms with Crippen LogP contribution in [0.25, 0.3) is 0 Å². The third-order valence-electron chi connectivity index (χ3n) is 2.49. The standard InChI is InChI=1S/C14H21NO3/c1-5-10(4)18-14(16)11-6-7-13(12(15)8-11)17-9(2)3/h6-10H,5,15H2,1-4H3. The highest BCUT2D eigenvalue weighted by Gasteiger charge is 2.13. The molecule has 1 aromatic rings. The normalized spacial score (nSPS) is 12.3. The number of ether oxygens (including phenoxy) is 2. The van der Waals surface area contributed by atoms with E-state index in [-0.39, 0.29) is 18.2 Å². The van der Waals surface area contributed by atoms with Crippen LogP contribution in [0.2, 0.25) is 0 Å². The maximum atomic E-state index is 11.8. The van der Waals surface area contributed by atoms with Gasteiger partial charge in [0.25, 0.3) is 0 Å². The van der Waals surface area contributed by atoms with E-state index in [2.05, 4.69) is 0 Å². The first-order chi connectivity index (χ1) is 8.43. The summed E-state index contributed by atoms with van der Waals surface area (Å²) in [5.74, 6) is 0.234. The van der Waals surface area contributed by atoms with E-state index >= 15 is 0 Å². The molecular weight excluding hydrogens is 230 g/mol. The maximum Gasteiger partial charge on any atom is 0.338 e. The molecule has 1 aromatic carbocycles. The van der Waals surface area contributed by atoms with Crippen LogP contribution in [0, 0.1) is 0 Å². The van der Waals surface area contributed by atoms with Gasteiger partial charge in [-0.15, -0.1) is 0 Å². The minimum atomic E-state index is -0.354. The Bertz CT molecular complexity index is 416. The predicted molar refractivity (Wildman–Crippen MR) is 71.8 cm³/mol. The van der Waals surface area contributed by atoms with Gasteiger partial charge in [0.1, 0.15) is 5.75 Å². The maximum absolute atomic E-state index is 11.8. The molecule has 0 heterocycles. The highest BCUT2D eigenvalue weighted by atomic mass is 16.5. The van der Waals surface area contributed by atoms with Crippen LogP contribution < -0.4 is 10.5 Å². The Balaban J connectivity index is 2.80. The molecule has 1 rings (SSSR count). The summed E-state index contributed by atoms with van der Waals surface area (Å²) in [7, 11) is 0. The van der Waals surface area contributed by atoms with E-state index in [4.69, 9.17) is 15.2 Å². The lowest BCUT2D eigenvalue weighted by molar-refractivity contribution is 0.0334. The van der Waals surface area contributed by atoms with Gasteiger partial charge in [-0.05, 0) is 45.4 Å². The summed E-state index contributed by atoms with van der Waals surface area (Å²) in [5, 5.41) is 0. The first-order valence-corrected chi connectivity index (χ1v) is 6.21. The van der Waals surface area contributed by atoms with Crippen molar-refractivity contribution in [1.82, 2.24) is 0 Å². The largest absolute Gasteiger partial charge is 0.489 e. The molecule has 2 N–H and O–H groups in total. The summed E-state index contributed by atoms with van der Waals surface area (Å²) in [4.78, 5) is 11.8. The number of nitrogen functional groups attached to an aromatic ring is 1. The molecule has 4 nitrogen and oxygen atoms in total. The zero-order valence-electron chi connectivity index (χ0n) is 11.4. The van der Waals surface area contributed by atoms with E-state index in [9.17, 15) is 4.79 Å². The summed E-state index contributed by atoms with van der Waals surface area (Å²) < 4.78 is 10.7. The van der Waals surface area contributed by atoms with Crippen LogP contribution >= 0.6 is 0 Å². The van der Waals surface area contributed by atoms with Gasteiger partial charge in [-0.2, -0.15) is 0 Å². The van der Waals surface area contributed by atoms with Crippen molar-refractivity contribution in [2.24, 2.45) is 0 Å². The number of hydrogen-bond acceptors (Lipinski definition) is 4. The molecule has 0 saturated carbocycles. The molecule has 0 aromatic heterocycles. The molecule has 0 aliphatic heterocycles. The van der Waals surface area contributed by atoms with Crippen LogP contribution in [0.4, 0.5) is 5.69 Å². The molecule has 0 spiro atoms. The Kier molecular flexibility index (Phi) is 5.01. The molecule has 0 aliphatic carbocycles. The second-order valence-electron chi connectivity index (χ2n) is 4.54. The second-order valence-corrected chi connectivity index (χ2v) is 4.54. The van der Waals surface area contributed by atoms with Gasteiger partial charge in [0.2, 0.25) is 0 Å². The molecular formula is C14H21NO3. The predicted octanol–water partition coefficient (Wildman–Crippen LogP) is 3.01. The van der Waals surface area contributed by atoms with Crippen molar-refractivity contribution in [1.29, 1.82) is 0 Å². The molecule has 0 bridgehead atoms. The van der Waals surface area contributed by atoms with Crippen molar-refractivity contribution < 1.29 is 14.3 Å². The number of benzene rings is 1. The summed E-state index contributed by atoms with van der Waals surface area (Å²) >= 11 is 0. The first kappa shape index (κ1) is 14.4. The Morgan fingerprint density at radius 3 is 2.50 bits per heavy atom. The van der Waals surface area contributed by atoms with Crippen molar-refractivity contribution in [3.8, 4) is 5.75 Å². The first-order valence-electron chi connectivity index (χ1n) is 6.21. The highest BCUT2D eigenvalue weighted by molar-refractivity contribution is 5.91. The Morgan fingerprint density at radius 1 is 1.33 bits per heavy atom. The zero-order chi connectivity index (χ0) is 13.7. The second kappa shape index (κ2) is 6.28. The van der Waals surface area contributed by atoms with Gasteiger partial charge in [-0.25, -0.2) is 4.79 Å². The monoisotopic (exact) mass is 251 g/mol. The minimum absolute atomic E-state index is 0.0465. The Labute approximate surface area is 108 Å². The van der Waals surface area contributed by atoms with Crippen LogP contribution in [0.15, 0.2) is 18.2 Å². The van der Waals surface area contributed by atoms with Gasteiger partial charge in [0.15, 0.2) is 0 Å². The fraction of sp³-hybridized carbons (Fsp3) is 0.500. The van der Waals surface area contributed by atoms with E-state index in [0.717, 1.165) is 6.42 Å². The van der Waals surface area contributed by atoms with E-state index < -0.39 is 0 Å². The van der Waals surface area contributed by atoms with Crippen LogP contribution in [0.5, 0.6) is 5.75 Å². The van der Waals surface area contributed by atoms with Crippen molar-refractivity contribution in [3.63, 3.8) is 0 Å². The number of esters is 1. The molecule has 1 unspecified atom stereocenters. The van der Waals surface area contributed by atoms with Gasteiger partial charge >= 0.3 is 5.97 Å². The van der Waals surface area contributed by atoms with Gasteiger partial charge in [0, 0.05) is 0 Å². The third kappa shape index (κ3) is 3.95. The van der Waals surface area contributed by atoms with Gasteiger partial charge in [0.05, 0.1) is 23.5 Å². The lowest BCUT2D eigenvalue weighted by Crippen LogP contribution is -2.14. The number of rotatable bonds is 5. The van der Waals surface area contributed by atoms with E-state index in [1.165, 1.54) is 0 Å². The van der Waals surface area contributed by atoms with Gasteiger partial charge < -0.3 is 15.2 Å². The summed E-state index contributed by atoms with van der Waals surface area (Å²) in [5.41, 5.74) is 6.73. The Hall–Kier alpha value is -1.71. The number of carbonyl (C=O) groups is 1. The number of hydrogen-bond donors (Lipinski definition) is 1. The third-order valence-corrected chi connectivity index (χ3v) is 2.49. The molecule has 0 amide bonds. The molecule has 0 aliphatic rings. The average molecular weight is 251 g/mol. The molecule has 18 heavy (non-hydrogen) atoms. The highest BCUT2D eigenvalue weighted by Crippen LogP contribution is 2.24. The zero-order valence-corrected chi connectivity index (χ0v) is 11.4. The van der Waals surface area contributed by atoms with Crippen LogP contribution in [0.1, 0.15) is 44.5 Å². The minimum Gasteiger partial charge on any atom is -0.489 e. The quantitative estimate of drug-likeness (QED) is 0.645. The Morgan fingerprint density at radius 2 is 2.00 bits per heavy atom. The lowest BCUT2D eigenvalue weighted by atomic mass is 10.2. The van der Waals surface area contributed by atoms with Crippen molar-refractivity contribution in [3.05, 3.63) is 23.8 Å². The molecule has 0 saturated heterocycles. The number of carbonyl (C=O) groups excluding carboxylic acids is 1. The average Bonchev–Trinajstić information content (AvgIpc) is 2.30. The molecule has 0 radical (unpaired) electrons. The fourth-order valence-corrected chi connectivity index (χ4v) is 1.37. The smallest absolute Gasteiger partial charge is 0.338 e. The van der Waals surface area contributed by atoms with Crippen molar-refractivity contribution >= 4 is 11.7 Å². The fourth-order valence-electron chi connectivity index (χ4n) is 1.37. The van der Waals surface area contributed by atoms with E-state index in [1.54, 1.807) is 18.2 Å². The SMILES string of the molecule is CCC(C)OC(=O)c1ccc(OC(C)C)c(N)c1. The molecule has 0 fully saturated rings.